The zero-order chi connectivity index (χ0) is 7.11. The van der Waals surface area contributed by atoms with Gasteiger partial charge in [0.25, 0.3) is 0 Å². The molecule has 0 saturated heterocycles. The minimum absolute atomic E-state index is 0.339. The van der Waals surface area contributed by atoms with E-state index >= 15 is 0 Å². The molecule has 0 bridgehead atoms. The second-order valence-electron chi connectivity index (χ2n) is 1.28. The summed E-state index contributed by atoms with van der Waals surface area (Å²) in [4.78, 5) is 10.3. The topological polar surface area (TPSA) is 26.3 Å². The molecule has 0 radical (unpaired) electrons. The molecule has 50 valence electrons. The standard InChI is InChI=1S/C6H7IO2/c1-2-3-4-5-6(8)9-7/h2-5H,1H3/b3-2+,5-4+. The Morgan fingerprint density at radius 2 is 2.22 bits per heavy atom. The van der Waals surface area contributed by atoms with E-state index < -0.39 is 0 Å². The van der Waals surface area contributed by atoms with E-state index in [1.165, 1.54) is 6.08 Å². The Balaban J connectivity index is 3.57. The van der Waals surface area contributed by atoms with Crippen LogP contribution in [-0.4, -0.2) is 5.97 Å². The van der Waals surface area contributed by atoms with Crippen LogP contribution in [0.2, 0.25) is 0 Å². The number of halogens is 1. The summed E-state index contributed by atoms with van der Waals surface area (Å²) < 4.78 is 4.31. The van der Waals surface area contributed by atoms with Crippen LogP contribution in [0.3, 0.4) is 0 Å². The van der Waals surface area contributed by atoms with E-state index in [-0.39, 0.29) is 5.97 Å². The molecular formula is C6H7IO2. The van der Waals surface area contributed by atoms with Gasteiger partial charge in [-0.1, -0.05) is 18.2 Å². The van der Waals surface area contributed by atoms with Gasteiger partial charge >= 0.3 is 5.97 Å². The zero-order valence-corrected chi connectivity index (χ0v) is 7.16. The summed E-state index contributed by atoms with van der Waals surface area (Å²) in [5.41, 5.74) is 0. The molecular weight excluding hydrogens is 231 g/mol. The number of hydrogen-bond acceptors (Lipinski definition) is 2. The van der Waals surface area contributed by atoms with Crippen molar-refractivity contribution < 1.29 is 7.86 Å². The average Bonchev–Trinajstić information content (AvgIpc) is 1.89. The lowest BCUT2D eigenvalue weighted by atomic mass is 10.4. The number of rotatable bonds is 2. The molecule has 0 aliphatic carbocycles. The quantitative estimate of drug-likeness (QED) is 0.418. The highest BCUT2D eigenvalue weighted by Gasteiger charge is 1.87. The molecule has 0 saturated carbocycles. The van der Waals surface area contributed by atoms with Crippen molar-refractivity contribution in [3.63, 3.8) is 0 Å². The Labute approximate surface area is 68.3 Å². The third kappa shape index (κ3) is 5.55. The number of carbonyl (C=O) groups excluding carboxylic acids is 1. The molecule has 0 fully saturated rings. The molecule has 0 aromatic heterocycles. The highest BCUT2D eigenvalue weighted by atomic mass is 127. The van der Waals surface area contributed by atoms with Crippen LogP contribution in [0, 0.1) is 0 Å². The first kappa shape index (κ1) is 8.68. The van der Waals surface area contributed by atoms with Crippen molar-refractivity contribution in [1.82, 2.24) is 0 Å². The first-order valence-electron chi connectivity index (χ1n) is 2.43. The number of allylic oxidation sites excluding steroid dienone is 3. The van der Waals surface area contributed by atoms with Gasteiger partial charge in [0.15, 0.2) is 23.0 Å². The van der Waals surface area contributed by atoms with E-state index in [9.17, 15) is 4.79 Å². The number of carbonyl (C=O) groups is 1. The van der Waals surface area contributed by atoms with Gasteiger partial charge in [-0.2, -0.15) is 0 Å². The monoisotopic (exact) mass is 238 g/mol. The molecule has 0 aromatic rings. The van der Waals surface area contributed by atoms with Gasteiger partial charge in [-0.3, -0.25) is 0 Å². The van der Waals surface area contributed by atoms with Crippen molar-refractivity contribution in [2.45, 2.75) is 6.92 Å². The zero-order valence-electron chi connectivity index (χ0n) is 5.00. The van der Waals surface area contributed by atoms with Crippen LogP contribution in [0.25, 0.3) is 0 Å². The van der Waals surface area contributed by atoms with E-state index in [1.54, 1.807) is 35.2 Å². The van der Waals surface area contributed by atoms with Crippen LogP contribution >= 0.6 is 23.0 Å². The van der Waals surface area contributed by atoms with Crippen LogP contribution in [0.1, 0.15) is 6.92 Å². The predicted molar refractivity (Wildman–Crippen MR) is 44.1 cm³/mol. The second kappa shape index (κ2) is 5.81. The largest absolute Gasteiger partial charge is 0.391 e. The van der Waals surface area contributed by atoms with Crippen molar-refractivity contribution in [3.05, 3.63) is 24.3 Å². The maximum atomic E-state index is 10.3. The normalized spacial score (nSPS) is 10.9. The Kier molecular flexibility index (Phi) is 5.60. The molecule has 0 spiro atoms. The van der Waals surface area contributed by atoms with Gasteiger partial charge < -0.3 is 3.07 Å². The Morgan fingerprint density at radius 1 is 1.56 bits per heavy atom. The van der Waals surface area contributed by atoms with Gasteiger partial charge in [-0.25, -0.2) is 4.79 Å². The van der Waals surface area contributed by atoms with E-state index in [2.05, 4.69) is 3.07 Å². The van der Waals surface area contributed by atoms with E-state index in [4.69, 9.17) is 0 Å². The Bertz CT molecular complexity index is 138. The van der Waals surface area contributed by atoms with Crippen LogP contribution in [-0.2, 0) is 7.86 Å². The van der Waals surface area contributed by atoms with Crippen molar-refractivity contribution in [2.24, 2.45) is 0 Å². The highest BCUT2D eigenvalue weighted by Crippen LogP contribution is 1.88. The summed E-state index contributed by atoms with van der Waals surface area (Å²) in [6, 6.07) is 0. The number of hydrogen-bond donors (Lipinski definition) is 0. The molecule has 0 aliphatic rings. The van der Waals surface area contributed by atoms with Crippen LogP contribution in [0.5, 0.6) is 0 Å². The summed E-state index contributed by atoms with van der Waals surface area (Å²) >= 11 is 1.54. The van der Waals surface area contributed by atoms with Crippen molar-refractivity contribution >= 4 is 29.0 Å². The molecule has 0 aromatic carbocycles. The predicted octanol–water partition coefficient (Wildman–Crippen LogP) is 2.01. The van der Waals surface area contributed by atoms with Gasteiger partial charge in [-0.15, -0.1) is 0 Å². The lowest BCUT2D eigenvalue weighted by molar-refractivity contribution is -0.126. The van der Waals surface area contributed by atoms with Crippen LogP contribution in [0.15, 0.2) is 24.3 Å². The summed E-state index contributed by atoms with van der Waals surface area (Å²) in [6.45, 7) is 1.87. The van der Waals surface area contributed by atoms with Gasteiger partial charge in [-0.05, 0) is 6.92 Å². The van der Waals surface area contributed by atoms with Crippen molar-refractivity contribution in [2.75, 3.05) is 0 Å². The maximum absolute atomic E-state index is 10.3. The van der Waals surface area contributed by atoms with E-state index in [0.717, 1.165) is 0 Å². The molecule has 0 rings (SSSR count). The molecule has 0 unspecified atom stereocenters. The molecule has 0 aliphatic heterocycles. The molecule has 0 amide bonds. The second-order valence-corrected chi connectivity index (χ2v) is 1.72. The fraction of sp³-hybridized carbons (Fsp3) is 0.167. The first-order chi connectivity index (χ1) is 4.31. The van der Waals surface area contributed by atoms with Crippen molar-refractivity contribution in [1.29, 1.82) is 0 Å². The third-order valence-corrected chi connectivity index (χ3v) is 1.05. The molecule has 0 atom stereocenters. The average molecular weight is 238 g/mol. The maximum Gasteiger partial charge on any atom is 0.340 e. The molecule has 0 heterocycles. The van der Waals surface area contributed by atoms with E-state index in [1.807, 2.05) is 13.0 Å². The molecule has 9 heavy (non-hydrogen) atoms. The van der Waals surface area contributed by atoms with Gasteiger partial charge in [0.1, 0.15) is 0 Å². The third-order valence-electron chi connectivity index (χ3n) is 0.612. The summed E-state index contributed by atoms with van der Waals surface area (Å²) in [5.74, 6) is -0.339. The lowest BCUT2D eigenvalue weighted by Crippen LogP contribution is -1.86. The van der Waals surface area contributed by atoms with Gasteiger partial charge in [0.2, 0.25) is 0 Å². The summed E-state index contributed by atoms with van der Waals surface area (Å²) in [7, 11) is 0. The van der Waals surface area contributed by atoms with Crippen LogP contribution < -0.4 is 0 Å². The fourth-order valence-corrected chi connectivity index (χ4v) is 0.418. The summed E-state index contributed by atoms with van der Waals surface area (Å²) in [6.07, 6.45) is 6.57. The minimum Gasteiger partial charge on any atom is -0.391 e. The first-order valence-corrected chi connectivity index (χ1v) is 3.31. The minimum atomic E-state index is -0.339. The molecule has 3 heteroatoms. The lowest BCUT2D eigenvalue weighted by Gasteiger charge is -1.81. The van der Waals surface area contributed by atoms with Gasteiger partial charge in [0, 0.05) is 6.08 Å². The highest BCUT2D eigenvalue weighted by molar-refractivity contribution is 14.1. The molecule has 2 nitrogen and oxygen atoms in total. The Morgan fingerprint density at radius 3 is 2.67 bits per heavy atom. The Hall–Kier alpha value is -0.320. The van der Waals surface area contributed by atoms with E-state index in [0.29, 0.717) is 0 Å². The molecule has 0 N–H and O–H groups in total. The van der Waals surface area contributed by atoms with Gasteiger partial charge in [0.05, 0.1) is 0 Å². The van der Waals surface area contributed by atoms with Crippen molar-refractivity contribution in [3.8, 4) is 0 Å². The SMILES string of the molecule is C/C=C/C=C/C(=O)OI. The smallest absolute Gasteiger partial charge is 0.340 e. The summed E-state index contributed by atoms with van der Waals surface area (Å²) in [5, 5.41) is 0. The fourth-order valence-electron chi connectivity index (χ4n) is 0.271. The van der Waals surface area contributed by atoms with Crippen LogP contribution in [0.4, 0.5) is 0 Å².